The molecule has 0 N–H and O–H groups in total. The molecule has 0 atom stereocenters. The zero-order chi connectivity index (χ0) is 18.1. The van der Waals surface area contributed by atoms with Crippen molar-refractivity contribution in [2.75, 3.05) is 7.11 Å². The second-order valence-electron chi connectivity index (χ2n) is 5.91. The van der Waals surface area contributed by atoms with E-state index in [4.69, 9.17) is 4.74 Å². The Morgan fingerprint density at radius 2 is 1.96 bits per heavy atom. The maximum absolute atomic E-state index is 12.7. The van der Waals surface area contributed by atoms with Gasteiger partial charge in [0.2, 0.25) is 0 Å². The average Bonchev–Trinajstić information content (AvgIpc) is 3.05. The minimum atomic E-state index is -0.262. The van der Waals surface area contributed by atoms with Gasteiger partial charge in [-0.1, -0.05) is 47.7 Å². The highest BCUT2D eigenvalue weighted by atomic mass is 32.1. The summed E-state index contributed by atoms with van der Waals surface area (Å²) in [7, 11) is 1.59. The van der Waals surface area contributed by atoms with Gasteiger partial charge in [-0.2, -0.15) is 4.99 Å². The first-order valence-corrected chi connectivity index (χ1v) is 9.27. The van der Waals surface area contributed by atoms with Crippen LogP contribution in [0.1, 0.15) is 17.3 Å². The summed E-state index contributed by atoms with van der Waals surface area (Å²) in [5.74, 6) is 0.388. The zero-order valence-corrected chi connectivity index (χ0v) is 15.4. The summed E-state index contributed by atoms with van der Waals surface area (Å²) >= 11 is 1.56. The lowest BCUT2D eigenvalue weighted by atomic mass is 10.1. The Kier molecular flexibility index (Phi) is 4.31. The molecule has 0 unspecified atom stereocenters. The fourth-order valence-electron chi connectivity index (χ4n) is 3.10. The highest BCUT2D eigenvalue weighted by Gasteiger charge is 2.11. The standard InChI is InChI=1S/C21H18N2O2S/c1-3-23-18-12-11-14-7-4-5-10-17(14)19(18)26-21(23)22-20(24)15-8-6-9-16(13-15)25-2/h4-13H,3H2,1-2H3. The molecule has 1 amide bonds. The van der Waals surface area contributed by atoms with Crippen LogP contribution in [0.5, 0.6) is 5.75 Å². The van der Waals surface area contributed by atoms with Crippen LogP contribution in [-0.2, 0) is 6.54 Å². The number of benzene rings is 3. The number of carbonyl (C=O) groups excluding carboxylic acids is 1. The summed E-state index contributed by atoms with van der Waals surface area (Å²) in [5, 5.41) is 2.38. The monoisotopic (exact) mass is 362 g/mol. The van der Waals surface area contributed by atoms with Crippen LogP contribution in [0.15, 0.2) is 65.7 Å². The first-order chi connectivity index (χ1) is 12.7. The summed E-state index contributed by atoms with van der Waals surface area (Å²) in [6.07, 6.45) is 0. The number of ether oxygens (including phenoxy) is 1. The van der Waals surface area contributed by atoms with Crippen molar-refractivity contribution in [1.82, 2.24) is 4.57 Å². The molecule has 0 saturated heterocycles. The van der Waals surface area contributed by atoms with Crippen molar-refractivity contribution in [3.63, 3.8) is 0 Å². The highest BCUT2D eigenvalue weighted by molar-refractivity contribution is 7.17. The van der Waals surface area contributed by atoms with Crippen LogP contribution in [0.25, 0.3) is 21.0 Å². The smallest absolute Gasteiger partial charge is 0.279 e. The Morgan fingerprint density at radius 3 is 2.77 bits per heavy atom. The first kappa shape index (κ1) is 16.5. The average molecular weight is 362 g/mol. The minimum absolute atomic E-state index is 0.262. The number of thiazole rings is 1. The number of aryl methyl sites for hydroxylation is 1. The van der Waals surface area contributed by atoms with Gasteiger partial charge in [-0.25, -0.2) is 0 Å². The van der Waals surface area contributed by atoms with Crippen molar-refractivity contribution in [2.45, 2.75) is 13.5 Å². The maximum Gasteiger partial charge on any atom is 0.279 e. The maximum atomic E-state index is 12.7. The largest absolute Gasteiger partial charge is 0.497 e. The number of nitrogens with zero attached hydrogens (tertiary/aromatic N) is 2. The van der Waals surface area contributed by atoms with Crippen LogP contribution in [0.3, 0.4) is 0 Å². The van der Waals surface area contributed by atoms with E-state index in [2.05, 4.69) is 40.7 Å². The number of hydrogen-bond donors (Lipinski definition) is 0. The molecule has 1 aromatic heterocycles. The van der Waals surface area contributed by atoms with Gasteiger partial charge in [-0.15, -0.1) is 0 Å². The van der Waals surface area contributed by atoms with E-state index in [0.717, 1.165) is 16.8 Å². The van der Waals surface area contributed by atoms with Crippen molar-refractivity contribution < 1.29 is 9.53 Å². The molecule has 0 aliphatic rings. The summed E-state index contributed by atoms with van der Waals surface area (Å²) < 4.78 is 8.44. The second-order valence-corrected chi connectivity index (χ2v) is 6.89. The Morgan fingerprint density at radius 1 is 1.12 bits per heavy atom. The summed E-state index contributed by atoms with van der Waals surface area (Å²) in [5.41, 5.74) is 1.63. The Labute approximate surface area is 155 Å². The highest BCUT2D eigenvalue weighted by Crippen LogP contribution is 2.27. The molecule has 0 aliphatic heterocycles. The third-order valence-electron chi connectivity index (χ3n) is 4.40. The topological polar surface area (TPSA) is 43.6 Å². The van der Waals surface area contributed by atoms with E-state index in [-0.39, 0.29) is 5.91 Å². The number of fused-ring (bicyclic) bond motifs is 3. The Bertz CT molecular complexity index is 1190. The summed E-state index contributed by atoms with van der Waals surface area (Å²) in [6.45, 7) is 2.82. The zero-order valence-electron chi connectivity index (χ0n) is 14.6. The quantitative estimate of drug-likeness (QED) is 0.533. The van der Waals surface area contributed by atoms with Gasteiger partial charge in [0, 0.05) is 17.5 Å². The second kappa shape index (κ2) is 6.77. The molecule has 26 heavy (non-hydrogen) atoms. The Balaban J connectivity index is 1.91. The van der Waals surface area contributed by atoms with E-state index in [9.17, 15) is 4.79 Å². The van der Waals surface area contributed by atoms with Gasteiger partial charge >= 0.3 is 0 Å². The van der Waals surface area contributed by atoms with Crippen molar-refractivity contribution in [1.29, 1.82) is 0 Å². The van der Waals surface area contributed by atoms with Crippen molar-refractivity contribution >= 4 is 38.2 Å². The number of carbonyl (C=O) groups is 1. The van der Waals surface area contributed by atoms with Gasteiger partial charge in [0.25, 0.3) is 5.91 Å². The molecule has 5 heteroatoms. The number of amides is 1. The van der Waals surface area contributed by atoms with Crippen LogP contribution < -0.4 is 9.54 Å². The molecule has 0 radical (unpaired) electrons. The fourth-order valence-corrected chi connectivity index (χ4v) is 4.32. The van der Waals surface area contributed by atoms with Crippen LogP contribution >= 0.6 is 11.3 Å². The number of rotatable bonds is 3. The lowest BCUT2D eigenvalue weighted by Gasteiger charge is -2.03. The van der Waals surface area contributed by atoms with Crippen LogP contribution in [-0.4, -0.2) is 17.6 Å². The van der Waals surface area contributed by atoms with E-state index in [0.29, 0.717) is 16.1 Å². The molecule has 0 fully saturated rings. The van der Waals surface area contributed by atoms with Crippen LogP contribution in [0.2, 0.25) is 0 Å². The van der Waals surface area contributed by atoms with Gasteiger partial charge in [-0.3, -0.25) is 4.79 Å². The molecule has 0 aliphatic carbocycles. The molecular formula is C21H18N2O2S. The van der Waals surface area contributed by atoms with E-state index in [1.165, 1.54) is 10.8 Å². The van der Waals surface area contributed by atoms with Crippen LogP contribution in [0, 0.1) is 0 Å². The van der Waals surface area contributed by atoms with E-state index < -0.39 is 0 Å². The molecule has 4 rings (SSSR count). The van der Waals surface area contributed by atoms with Gasteiger partial charge in [-0.05, 0) is 36.6 Å². The fraction of sp³-hybridized carbons (Fsp3) is 0.143. The lowest BCUT2D eigenvalue weighted by Crippen LogP contribution is -2.15. The molecule has 0 saturated carbocycles. The summed E-state index contributed by atoms with van der Waals surface area (Å²) in [4.78, 5) is 17.8. The predicted molar refractivity (Wildman–Crippen MR) is 106 cm³/mol. The third kappa shape index (κ3) is 2.80. The molecule has 3 aromatic carbocycles. The Hall–Kier alpha value is -2.92. The normalized spacial score (nSPS) is 12.0. The van der Waals surface area contributed by atoms with Gasteiger partial charge < -0.3 is 9.30 Å². The van der Waals surface area contributed by atoms with Crippen molar-refractivity contribution in [3.8, 4) is 5.75 Å². The van der Waals surface area contributed by atoms with E-state index >= 15 is 0 Å². The molecule has 130 valence electrons. The molecule has 4 nitrogen and oxygen atoms in total. The van der Waals surface area contributed by atoms with E-state index in [1.54, 1.807) is 36.6 Å². The minimum Gasteiger partial charge on any atom is -0.497 e. The van der Waals surface area contributed by atoms with Gasteiger partial charge in [0.1, 0.15) is 5.75 Å². The molecule has 0 bridgehead atoms. The lowest BCUT2D eigenvalue weighted by molar-refractivity contribution is 0.0997. The first-order valence-electron chi connectivity index (χ1n) is 8.45. The molecule has 0 spiro atoms. The number of hydrogen-bond acceptors (Lipinski definition) is 3. The number of aromatic nitrogens is 1. The molecular weight excluding hydrogens is 344 g/mol. The van der Waals surface area contributed by atoms with Gasteiger partial charge in [0.05, 0.1) is 17.3 Å². The number of methoxy groups -OCH3 is 1. The van der Waals surface area contributed by atoms with Crippen molar-refractivity contribution in [2.24, 2.45) is 4.99 Å². The molecule has 4 aromatic rings. The third-order valence-corrected chi connectivity index (χ3v) is 5.53. The summed E-state index contributed by atoms with van der Waals surface area (Å²) in [6, 6.07) is 19.6. The van der Waals surface area contributed by atoms with Crippen molar-refractivity contribution in [3.05, 3.63) is 71.0 Å². The SMILES string of the molecule is CCn1c(=NC(=O)c2cccc(OC)c2)sc2c3ccccc3ccc21. The van der Waals surface area contributed by atoms with Crippen LogP contribution in [0.4, 0.5) is 0 Å². The molecule has 1 heterocycles. The van der Waals surface area contributed by atoms with Gasteiger partial charge in [0.15, 0.2) is 4.80 Å². The van der Waals surface area contributed by atoms with E-state index in [1.807, 2.05) is 18.2 Å². The predicted octanol–water partition coefficient (Wildman–Crippen LogP) is 4.63.